The van der Waals surface area contributed by atoms with Crippen molar-refractivity contribution in [3.8, 4) is 5.75 Å². The van der Waals surface area contributed by atoms with Crippen LogP contribution in [0, 0.1) is 5.92 Å². The fourth-order valence-electron chi connectivity index (χ4n) is 2.44. The van der Waals surface area contributed by atoms with Crippen LogP contribution >= 0.6 is 0 Å². The number of hydrogen-bond acceptors (Lipinski definition) is 2. The second-order valence-corrected chi connectivity index (χ2v) is 5.59. The van der Waals surface area contributed by atoms with Crippen molar-refractivity contribution in [1.29, 1.82) is 0 Å². The van der Waals surface area contributed by atoms with Gasteiger partial charge in [0, 0.05) is 0 Å². The monoisotopic (exact) mass is 248 g/mol. The lowest BCUT2D eigenvalue weighted by molar-refractivity contribution is 0.0696. The maximum absolute atomic E-state index is 11.2. The average Bonchev–Trinajstić information content (AvgIpc) is 3.11. The van der Waals surface area contributed by atoms with Gasteiger partial charge in [-0.1, -0.05) is 20.8 Å². The SMILES string of the molecule is CC(C)c1cc(C(=O)O)cc(C(C)C2CC2)c1O. The summed E-state index contributed by atoms with van der Waals surface area (Å²) in [6, 6.07) is 3.22. The van der Waals surface area contributed by atoms with Crippen LogP contribution in [0.1, 0.15) is 66.9 Å². The van der Waals surface area contributed by atoms with Gasteiger partial charge in [-0.05, 0) is 53.9 Å². The third kappa shape index (κ3) is 2.35. The summed E-state index contributed by atoms with van der Waals surface area (Å²) < 4.78 is 0. The number of carboxylic acids is 1. The minimum Gasteiger partial charge on any atom is -0.507 e. The molecule has 18 heavy (non-hydrogen) atoms. The van der Waals surface area contributed by atoms with Gasteiger partial charge in [-0.15, -0.1) is 0 Å². The Morgan fingerprint density at radius 2 is 1.78 bits per heavy atom. The van der Waals surface area contributed by atoms with Crippen LogP contribution in [-0.4, -0.2) is 16.2 Å². The Hall–Kier alpha value is -1.51. The summed E-state index contributed by atoms with van der Waals surface area (Å²) in [4.78, 5) is 11.2. The Balaban J connectivity index is 2.52. The van der Waals surface area contributed by atoms with E-state index < -0.39 is 5.97 Å². The van der Waals surface area contributed by atoms with E-state index in [1.807, 2.05) is 13.8 Å². The van der Waals surface area contributed by atoms with Crippen molar-refractivity contribution in [2.45, 2.75) is 45.4 Å². The molecule has 0 amide bonds. The van der Waals surface area contributed by atoms with Gasteiger partial charge in [0.15, 0.2) is 0 Å². The second kappa shape index (κ2) is 4.63. The summed E-state index contributed by atoms with van der Waals surface area (Å²) >= 11 is 0. The summed E-state index contributed by atoms with van der Waals surface area (Å²) in [5.74, 6) is 0.312. The zero-order valence-corrected chi connectivity index (χ0v) is 11.1. The van der Waals surface area contributed by atoms with Crippen LogP contribution in [0.3, 0.4) is 0 Å². The number of phenols is 1. The molecule has 1 aromatic rings. The van der Waals surface area contributed by atoms with Crippen molar-refractivity contribution in [3.63, 3.8) is 0 Å². The van der Waals surface area contributed by atoms with E-state index >= 15 is 0 Å². The van der Waals surface area contributed by atoms with E-state index in [0.29, 0.717) is 5.92 Å². The summed E-state index contributed by atoms with van der Waals surface area (Å²) in [5, 5.41) is 19.5. The first-order valence-corrected chi connectivity index (χ1v) is 6.52. The van der Waals surface area contributed by atoms with E-state index in [2.05, 4.69) is 6.92 Å². The molecule has 1 atom stereocenters. The molecule has 2 N–H and O–H groups in total. The number of hydrogen-bond donors (Lipinski definition) is 2. The van der Waals surface area contributed by atoms with Gasteiger partial charge in [0.25, 0.3) is 0 Å². The van der Waals surface area contributed by atoms with Gasteiger partial charge in [-0.2, -0.15) is 0 Å². The van der Waals surface area contributed by atoms with Crippen molar-refractivity contribution in [2.75, 3.05) is 0 Å². The first-order valence-electron chi connectivity index (χ1n) is 6.52. The Bertz CT molecular complexity index is 473. The lowest BCUT2D eigenvalue weighted by atomic mass is 9.88. The fourth-order valence-corrected chi connectivity index (χ4v) is 2.44. The molecule has 0 bridgehead atoms. The Labute approximate surface area is 107 Å². The van der Waals surface area contributed by atoms with E-state index in [9.17, 15) is 9.90 Å². The van der Waals surface area contributed by atoms with Crippen molar-refractivity contribution in [1.82, 2.24) is 0 Å². The standard InChI is InChI=1S/C15H20O3/c1-8(2)12-6-11(15(17)18)7-13(14(12)16)9(3)10-4-5-10/h6-10,16H,4-5H2,1-3H3,(H,17,18). The number of rotatable bonds is 4. The van der Waals surface area contributed by atoms with Crippen LogP contribution in [0.2, 0.25) is 0 Å². The summed E-state index contributed by atoms with van der Waals surface area (Å²) in [6.07, 6.45) is 2.35. The topological polar surface area (TPSA) is 57.5 Å². The highest BCUT2D eigenvalue weighted by atomic mass is 16.4. The molecule has 1 aromatic carbocycles. The molecule has 98 valence electrons. The highest BCUT2D eigenvalue weighted by Crippen LogP contribution is 2.46. The predicted molar refractivity (Wildman–Crippen MR) is 70.3 cm³/mol. The van der Waals surface area contributed by atoms with Gasteiger partial charge in [0.05, 0.1) is 5.56 Å². The number of carboxylic acid groups (broad SMARTS) is 1. The van der Waals surface area contributed by atoms with E-state index in [-0.39, 0.29) is 23.1 Å². The lowest BCUT2D eigenvalue weighted by Gasteiger charge is -2.18. The Kier molecular flexibility index (Phi) is 3.33. The second-order valence-electron chi connectivity index (χ2n) is 5.59. The van der Waals surface area contributed by atoms with Gasteiger partial charge in [0.2, 0.25) is 0 Å². The van der Waals surface area contributed by atoms with Crippen LogP contribution in [0.25, 0.3) is 0 Å². The molecule has 0 saturated heterocycles. The maximum Gasteiger partial charge on any atom is 0.335 e. The number of aromatic hydroxyl groups is 1. The molecular weight excluding hydrogens is 228 g/mol. The van der Waals surface area contributed by atoms with E-state index in [1.165, 1.54) is 12.8 Å². The molecule has 1 aliphatic carbocycles. The van der Waals surface area contributed by atoms with Gasteiger partial charge < -0.3 is 10.2 Å². The minimum atomic E-state index is -0.929. The Morgan fingerprint density at radius 3 is 2.22 bits per heavy atom. The largest absolute Gasteiger partial charge is 0.507 e. The normalized spacial score (nSPS) is 16.9. The zero-order valence-electron chi connectivity index (χ0n) is 11.1. The van der Waals surface area contributed by atoms with Gasteiger partial charge in [-0.25, -0.2) is 4.79 Å². The van der Waals surface area contributed by atoms with Crippen LogP contribution in [0.5, 0.6) is 5.75 Å². The predicted octanol–water partition coefficient (Wildman–Crippen LogP) is 3.73. The number of aromatic carboxylic acids is 1. The molecule has 0 spiro atoms. The lowest BCUT2D eigenvalue weighted by Crippen LogP contribution is -2.05. The highest BCUT2D eigenvalue weighted by molar-refractivity contribution is 5.88. The summed E-state index contributed by atoms with van der Waals surface area (Å²) in [7, 11) is 0. The smallest absolute Gasteiger partial charge is 0.335 e. The van der Waals surface area contributed by atoms with Gasteiger partial charge in [0.1, 0.15) is 5.75 Å². The summed E-state index contributed by atoms with van der Waals surface area (Å²) in [5.41, 5.74) is 1.80. The van der Waals surface area contributed by atoms with E-state index in [1.54, 1.807) is 12.1 Å². The number of benzene rings is 1. The minimum absolute atomic E-state index is 0.120. The summed E-state index contributed by atoms with van der Waals surface area (Å²) in [6.45, 7) is 6.00. The average molecular weight is 248 g/mol. The van der Waals surface area contributed by atoms with Crippen LogP contribution in [0.15, 0.2) is 12.1 Å². The molecule has 0 aliphatic heterocycles. The Morgan fingerprint density at radius 1 is 1.22 bits per heavy atom. The molecule has 0 aromatic heterocycles. The molecule has 3 nitrogen and oxygen atoms in total. The number of carbonyl (C=O) groups is 1. The molecule has 1 unspecified atom stereocenters. The molecule has 3 heteroatoms. The zero-order chi connectivity index (χ0) is 13.4. The highest BCUT2D eigenvalue weighted by Gasteiger charge is 2.31. The van der Waals surface area contributed by atoms with Crippen molar-refractivity contribution in [3.05, 3.63) is 28.8 Å². The van der Waals surface area contributed by atoms with Crippen LogP contribution in [0.4, 0.5) is 0 Å². The van der Waals surface area contributed by atoms with Gasteiger partial charge in [-0.3, -0.25) is 0 Å². The van der Waals surface area contributed by atoms with Crippen LogP contribution in [-0.2, 0) is 0 Å². The molecule has 1 saturated carbocycles. The van der Waals surface area contributed by atoms with Crippen molar-refractivity contribution in [2.24, 2.45) is 5.92 Å². The third-order valence-electron chi connectivity index (χ3n) is 3.86. The molecular formula is C15H20O3. The van der Waals surface area contributed by atoms with E-state index in [0.717, 1.165) is 11.1 Å². The number of phenolic OH excluding ortho intramolecular Hbond substituents is 1. The molecule has 1 fully saturated rings. The molecule has 1 aliphatic rings. The molecule has 2 rings (SSSR count). The third-order valence-corrected chi connectivity index (χ3v) is 3.86. The van der Waals surface area contributed by atoms with Crippen molar-refractivity contribution >= 4 is 5.97 Å². The molecule has 0 radical (unpaired) electrons. The maximum atomic E-state index is 11.2. The van der Waals surface area contributed by atoms with Gasteiger partial charge >= 0.3 is 5.97 Å². The van der Waals surface area contributed by atoms with Crippen LogP contribution < -0.4 is 0 Å². The first-order chi connectivity index (χ1) is 8.41. The van der Waals surface area contributed by atoms with E-state index in [4.69, 9.17) is 5.11 Å². The van der Waals surface area contributed by atoms with Crippen molar-refractivity contribution < 1.29 is 15.0 Å². The fraction of sp³-hybridized carbons (Fsp3) is 0.533. The first kappa shape index (κ1) is 12.9. The quantitative estimate of drug-likeness (QED) is 0.853. The molecule has 0 heterocycles.